The molecule has 0 spiro atoms. The summed E-state index contributed by atoms with van der Waals surface area (Å²) in [5.74, 6) is 1.46. The predicted octanol–water partition coefficient (Wildman–Crippen LogP) is 5.45. The molecule has 0 unspecified atom stereocenters. The largest absolute Gasteiger partial charge is 0.437 e. The topological polar surface area (TPSA) is 56.6 Å². The molecule has 1 saturated heterocycles. The number of carbonyl (C=O) groups excluding carboxylic acids is 1. The van der Waals surface area contributed by atoms with Gasteiger partial charge in [-0.05, 0) is 37.8 Å². The highest BCUT2D eigenvalue weighted by Gasteiger charge is 2.36. The summed E-state index contributed by atoms with van der Waals surface area (Å²) >= 11 is 6.39. The number of aromatic nitrogens is 2. The highest BCUT2D eigenvalue weighted by Crippen LogP contribution is 2.38. The van der Waals surface area contributed by atoms with Crippen LogP contribution in [-0.4, -0.2) is 39.8 Å². The molecule has 1 aliphatic heterocycles. The van der Waals surface area contributed by atoms with Crippen LogP contribution in [0, 0.1) is 5.92 Å². The number of amides is 1. The molecule has 7 heteroatoms. The zero-order valence-corrected chi connectivity index (χ0v) is 19.5. The molecule has 1 atom stereocenters. The van der Waals surface area contributed by atoms with E-state index in [1.807, 2.05) is 60.5 Å². The SMILES string of the molecule is Cn1nc(-c2ccccc2)c(CN(C[C@H]2CCCO2)C(=O)C2CC2)c1Oc1ccccc1Cl. The van der Waals surface area contributed by atoms with E-state index in [9.17, 15) is 4.79 Å². The Kier molecular flexibility index (Phi) is 6.38. The number of benzene rings is 2. The molecule has 2 fully saturated rings. The molecule has 3 aromatic rings. The van der Waals surface area contributed by atoms with Gasteiger partial charge in [-0.25, -0.2) is 4.68 Å². The van der Waals surface area contributed by atoms with Crippen LogP contribution in [0.25, 0.3) is 11.3 Å². The van der Waals surface area contributed by atoms with Gasteiger partial charge in [0, 0.05) is 31.7 Å². The lowest BCUT2D eigenvalue weighted by Gasteiger charge is -2.26. The minimum Gasteiger partial charge on any atom is -0.437 e. The van der Waals surface area contributed by atoms with Gasteiger partial charge in [-0.1, -0.05) is 54.1 Å². The number of rotatable bonds is 8. The van der Waals surface area contributed by atoms with Crippen LogP contribution in [0.3, 0.4) is 0 Å². The average molecular weight is 466 g/mol. The minimum absolute atomic E-state index is 0.0810. The maximum Gasteiger partial charge on any atom is 0.226 e. The van der Waals surface area contributed by atoms with Crippen LogP contribution in [0.1, 0.15) is 31.2 Å². The van der Waals surface area contributed by atoms with Gasteiger partial charge in [0.15, 0.2) is 0 Å². The van der Waals surface area contributed by atoms with Crippen molar-refractivity contribution < 1.29 is 14.3 Å². The Morgan fingerprint density at radius 1 is 1.15 bits per heavy atom. The highest BCUT2D eigenvalue weighted by atomic mass is 35.5. The van der Waals surface area contributed by atoms with Crippen LogP contribution in [0.4, 0.5) is 0 Å². The van der Waals surface area contributed by atoms with Gasteiger partial charge in [-0.2, -0.15) is 5.10 Å². The molecular weight excluding hydrogens is 438 g/mol. The average Bonchev–Trinajstić information content (AvgIpc) is 3.48. The first-order valence-corrected chi connectivity index (χ1v) is 11.9. The van der Waals surface area contributed by atoms with Gasteiger partial charge >= 0.3 is 0 Å². The number of carbonyl (C=O) groups is 1. The second-order valence-corrected chi connectivity index (χ2v) is 9.19. The summed E-state index contributed by atoms with van der Waals surface area (Å²) in [5.41, 5.74) is 2.66. The molecule has 1 saturated carbocycles. The van der Waals surface area contributed by atoms with Crippen molar-refractivity contribution in [3.05, 3.63) is 65.2 Å². The number of hydrogen-bond donors (Lipinski definition) is 0. The van der Waals surface area contributed by atoms with E-state index in [1.54, 1.807) is 10.7 Å². The highest BCUT2D eigenvalue weighted by molar-refractivity contribution is 6.32. The number of para-hydroxylation sites is 1. The monoisotopic (exact) mass is 465 g/mol. The second kappa shape index (κ2) is 9.57. The molecule has 6 nitrogen and oxygen atoms in total. The fourth-order valence-electron chi connectivity index (χ4n) is 4.33. The molecule has 172 valence electrons. The van der Waals surface area contributed by atoms with Crippen LogP contribution in [0.5, 0.6) is 11.6 Å². The molecular formula is C26H28ClN3O3. The Labute approximate surface area is 199 Å². The molecule has 1 aliphatic carbocycles. The number of nitrogens with zero attached hydrogens (tertiary/aromatic N) is 3. The Bertz CT molecular complexity index is 1120. The molecule has 1 amide bonds. The van der Waals surface area contributed by atoms with Crippen molar-refractivity contribution in [3.63, 3.8) is 0 Å². The van der Waals surface area contributed by atoms with Gasteiger partial charge in [-0.3, -0.25) is 4.79 Å². The van der Waals surface area contributed by atoms with E-state index in [2.05, 4.69) is 0 Å². The standard InChI is InChI=1S/C26H28ClN3O3/c1-29-26(33-23-12-6-5-11-22(23)27)21(24(28-29)18-8-3-2-4-9-18)17-30(25(31)19-13-14-19)16-20-10-7-15-32-20/h2-6,8-9,11-12,19-20H,7,10,13-17H2,1H3/t20-/m1/s1. The van der Waals surface area contributed by atoms with Gasteiger partial charge in [0.05, 0.1) is 23.2 Å². The van der Waals surface area contributed by atoms with E-state index < -0.39 is 0 Å². The van der Waals surface area contributed by atoms with Crippen LogP contribution in [0.2, 0.25) is 5.02 Å². The summed E-state index contributed by atoms with van der Waals surface area (Å²) in [6, 6.07) is 17.4. The van der Waals surface area contributed by atoms with Crippen molar-refractivity contribution in [1.82, 2.24) is 14.7 Å². The van der Waals surface area contributed by atoms with E-state index in [1.165, 1.54) is 0 Å². The number of aryl methyl sites for hydroxylation is 1. The van der Waals surface area contributed by atoms with Gasteiger partial charge < -0.3 is 14.4 Å². The first kappa shape index (κ1) is 22.0. The molecule has 0 bridgehead atoms. The van der Waals surface area contributed by atoms with E-state index in [4.69, 9.17) is 26.2 Å². The molecule has 33 heavy (non-hydrogen) atoms. The Balaban J connectivity index is 1.53. The second-order valence-electron chi connectivity index (χ2n) is 8.78. The first-order valence-electron chi connectivity index (χ1n) is 11.5. The van der Waals surface area contributed by atoms with Crippen molar-refractivity contribution in [3.8, 4) is 22.9 Å². The number of halogens is 1. The molecule has 2 aliphatic rings. The Morgan fingerprint density at radius 3 is 2.61 bits per heavy atom. The van der Waals surface area contributed by atoms with E-state index in [0.717, 1.165) is 49.1 Å². The van der Waals surface area contributed by atoms with E-state index in [-0.39, 0.29) is 17.9 Å². The van der Waals surface area contributed by atoms with Crippen molar-refractivity contribution in [2.75, 3.05) is 13.2 Å². The van der Waals surface area contributed by atoms with E-state index >= 15 is 0 Å². The maximum absolute atomic E-state index is 13.3. The fraction of sp³-hybridized carbons (Fsp3) is 0.385. The smallest absolute Gasteiger partial charge is 0.226 e. The van der Waals surface area contributed by atoms with Crippen molar-refractivity contribution in [2.24, 2.45) is 13.0 Å². The zero-order chi connectivity index (χ0) is 22.8. The third-order valence-corrected chi connectivity index (χ3v) is 6.53. The summed E-state index contributed by atoms with van der Waals surface area (Å²) in [6.45, 7) is 1.76. The van der Waals surface area contributed by atoms with Crippen LogP contribution in [0.15, 0.2) is 54.6 Å². The third kappa shape index (κ3) is 4.92. The van der Waals surface area contributed by atoms with Crippen LogP contribution in [-0.2, 0) is 23.1 Å². The summed E-state index contributed by atoms with van der Waals surface area (Å²) in [6.07, 6.45) is 4.03. The molecule has 1 aromatic heterocycles. The lowest BCUT2D eigenvalue weighted by atomic mass is 10.1. The Hall–Kier alpha value is -2.83. The van der Waals surface area contributed by atoms with Crippen molar-refractivity contribution in [2.45, 2.75) is 38.3 Å². The lowest BCUT2D eigenvalue weighted by Crippen LogP contribution is -2.38. The first-order chi connectivity index (χ1) is 16.1. The van der Waals surface area contributed by atoms with Gasteiger partial charge in [0.25, 0.3) is 0 Å². The van der Waals surface area contributed by atoms with Crippen LogP contribution >= 0.6 is 11.6 Å². The van der Waals surface area contributed by atoms with Crippen molar-refractivity contribution >= 4 is 17.5 Å². The van der Waals surface area contributed by atoms with E-state index in [0.29, 0.717) is 29.7 Å². The van der Waals surface area contributed by atoms with Gasteiger partial charge in [0.2, 0.25) is 11.8 Å². The lowest BCUT2D eigenvalue weighted by molar-refractivity contribution is -0.134. The van der Waals surface area contributed by atoms with Crippen molar-refractivity contribution in [1.29, 1.82) is 0 Å². The Morgan fingerprint density at radius 2 is 1.91 bits per heavy atom. The summed E-state index contributed by atoms with van der Waals surface area (Å²) in [5, 5.41) is 5.31. The summed E-state index contributed by atoms with van der Waals surface area (Å²) in [7, 11) is 1.86. The van der Waals surface area contributed by atoms with Gasteiger partial charge in [0.1, 0.15) is 11.4 Å². The summed E-state index contributed by atoms with van der Waals surface area (Å²) in [4.78, 5) is 15.2. The van der Waals surface area contributed by atoms with Gasteiger partial charge in [-0.15, -0.1) is 0 Å². The fourth-order valence-corrected chi connectivity index (χ4v) is 4.50. The third-order valence-electron chi connectivity index (χ3n) is 6.21. The maximum atomic E-state index is 13.3. The summed E-state index contributed by atoms with van der Waals surface area (Å²) < 4.78 is 13.9. The number of ether oxygens (including phenoxy) is 2. The predicted molar refractivity (Wildman–Crippen MR) is 127 cm³/mol. The molecule has 0 N–H and O–H groups in total. The normalized spacial score (nSPS) is 17.8. The molecule has 5 rings (SSSR count). The molecule has 0 radical (unpaired) electrons. The number of hydrogen-bond acceptors (Lipinski definition) is 4. The molecule has 2 heterocycles. The zero-order valence-electron chi connectivity index (χ0n) is 18.7. The quantitative estimate of drug-likeness (QED) is 0.444. The minimum atomic E-state index is 0.0810. The molecule has 2 aromatic carbocycles. The van der Waals surface area contributed by atoms with Crippen LogP contribution < -0.4 is 4.74 Å².